The van der Waals surface area contributed by atoms with Gasteiger partial charge in [0.25, 0.3) is 6.43 Å². The van der Waals surface area contributed by atoms with Gasteiger partial charge in [0, 0.05) is 6.61 Å². The molecule has 5 heteroatoms. The predicted molar refractivity (Wildman–Crippen MR) is 33.0 cm³/mol. The van der Waals surface area contributed by atoms with E-state index < -0.39 is 24.4 Å². The molecular weight excluding hydrogens is 156 g/mol. The number of hydrogen-bond donors (Lipinski definition) is 1. The Balaban J connectivity index is 2.58. The molecule has 2 N–H and O–H groups in total. The smallest absolute Gasteiger partial charge is 0.265 e. The largest absolute Gasteiger partial charge is 0.371 e. The van der Waals surface area contributed by atoms with E-state index in [1.807, 2.05) is 0 Å². The molecule has 64 valence electrons. The first-order valence-corrected chi connectivity index (χ1v) is 3.32. The second kappa shape index (κ2) is 3.13. The third-order valence-corrected chi connectivity index (χ3v) is 1.75. The minimum absolute atomic E-state index is 0.197. The fourth-order valence-corrected chi connectivity index (χ4v) is 1.16. The molecule has 0 aromatic rings. The number of rotatable bonds is 2. The van der Waals surface area contributed by atoms with Crippen LogP contribution in [-0.4, -0.2) is 25.0 Å². The molecule has 3 nitrogen and oxygen atoms in total. The zero-order chi connectivity index (χ0) is 8.43. The molecule has 2 atom stereocenters. The molecule has 1 fully saturated rings. The first-order chi connectivity index (χ1) is 5.13. The van der Waals surface area contributed by atoms with Crippen molar-refractivity contribution in [2.75, 3.05) is 6.61 Å². The molecule has 0 bridgehead atoms. The quantitative estimate of drug-likeness (QED) is 0.632. The summed E-state index contributed by atoms with van der Waals surface area (Å²) in [6, 6.07) is 0. The van der Waals surface area contributed by atoms with Crippen LogP contribution < -0.4 is 5.73 Å². The average molecular weight is 165 g/mol. The second-order valence-corrected chi connectivity index (χ2v) is 2.47. The molecule has 1 rings (SSSR count). The lowest BCUT2D eigenvalue weighted by Crippen LogP contribution is -2.34. The van der Waals surface area contributed by atoms with Crippen LogP contribution in [0.5, 0.6) is 0 Å². The summed E-state index contributed by atoms with van der Waals surface area (Å²) in [6.07, 6.45) is -3.59. The van der Waals surface area contributed by atoms with Crippen molar-refractivity contribution in [3.8, 4) is 0 Å². The highest BCUT2D eigenvalue weighted by atomic mass is 19.3. The molecule has 0 radical (unpaired) electrons. The maximum Gasteiger partial charge on any atom is 0.265 e. The number of hydrogen-bond acceptors (Lipinski definition) is 2. The highest BCUT2D eigenvalue weighted by Gasteiger charge is 2.38. The Kier molecular flexibility index (Phi) is 2.38. The number of carbonyl (C=O) groups excluding carboxylic acids is 1. The summed E-state index contributed by atoms with van der Waals surface area (Å²) in [5, 5.41) is 0. The van der Waals surface area contributed by atoms with Crippen molar-refractivity contribution in [1.29, 1.82) is 0 Å². The van der Waals surface area contributed by atoms with Crippen molar-refractivity contribution in [3.63, 3.8) is 0 Å². The van der Waals surface area contributed by atoms with Crippen molar-refractivity contribution in [2.45, 2.75) is 19.0 Å². The maximum atomic E-state index is 12.0. The Hall–Kier alpha value is -0.710. The average Bonchev–Trinajstić information content (AvgIpc) is 2.32. The van der Waals surface area contributed by atoms with E-state index >= 15 is 0 Å². The molecule has 1 saturated heterocycles. The highest BCUT2D eigenvalue weighted by Crippen LogP contribution is 2.25. The van der Waals surface area contributed by atoms with Crippen molar-refractivity contribution < 1.29 is 18.3 Å². The predicted octanol–water partition coefficient (Wildman–Crippen LogP) is 0.142. The molecule has 11 heavy (non-hydrogen) atoms. The third-order valence-electron chi connectivity index (χ3n) is 1.75. The second-order valence-electron chi connectivity index (χ2n) is 2.47. The van der Waals surface area contributed by atoms with Crippen LogP contribution in [0.1, 0.15) is 6.42 Å². The number of halogens is 2. The maximum absolute atomic E-state index is 12.0. The standard InChI is InChI=1S/C6H9F2NO2/c7-5(8)4-3(6(9)10)1-2-11-4/h3-5H,1-2H2,(H2,9,10)/t3-,4-/m1/s1. The molecule has 0 saturated carbocycles. The zero-order valence-corrected chi connectivity index (χ0v) is 5.80. The van der Waals surface area contributed by atoms with Crippen molar-refractivity contribution in [1.82, 2.24) is 0 Å². The number of nitrogens with two attached hydrogens (primary N) is 1. The van der Waals surface area contributed by atoms with Gasteiger partial charge in [0.05, 0.1) is 5.92 Å². The first-order valence-electron chi connectivity index (χ1n) is 3.32. The normalized spacial score (nSPS) is 31.2. The van der Waals surface area contributed by atoms with Gasteiger partial charge >= 0.3 is 0 Å². The number of alkyl halides is 2. The molecule has 1 aliphatic heterocycles. The summed E-state index contributed by atoms with van der Waals surface area (Å²) in [7, 11) is 0. The van der Waals surface area contributed by atoms with E-state index in [1.54, 1.807) is 0 Å². The molecule has 0 spiro atoms. The van der Waals surface area contributed by atoms with Gasteiger partial charge < -0.3 is 10.5 Å². The first kappa shape index (κ1) is 8.39. The molecule has 0 aromatic carbocycles. The third kappa shape index (κ3) is 1.65. The lowest BCUT2D eigenvalue weighted by atomic mass is 10.0. The number of primary amides is 1. The molecular formula is C6H9F2NO2. The fourth-order valence-electron chi connectivity index (χ4n) is 1.16. The SMILES string of the molecule is NC(=O)[C@@H]1CCO[C@H]1C(F)F. The van der Waals surface area contributed by atoms with Gasteiger partial charge in [0.15, 0.2) is 0 Å². The van der Waals surface area contributed by atoms with E-state index in [0.29, 0.717) is 6.42 Å². The Morgan fingerprint density at radius 3 is 2.64 bits per heavy atom. The van der Waals surface area contributed by atoms with Gasteiger partial charge in [0.1, 0.15) is 6.10 Å². The van der Waals surface area contributed by atoms with Gasteiger partial charge in [-0.2, -0.15) is 0 Å². The van der Waals surface area contributed by atoms with Crippen molar-refractivity contribution in [3.05, 3.63) is 0 Å². The molecule has 0 aromatic heterocycles. The fraction of sp³-hybridized carbons (Fsp3) is 0.833. The van der Waals surface area contributed by atoms with Gasteiger partial charge in [-0.1, -0.05) is 0 Å². The highest BCUT2D eigenvalue weighted by molar-refractivity contribution is 5.77. The van der Waals surface area contributed by atoms with Crippen LogP contribution in [0.25, 0.3) is 0 Å². The van der Waals surface area contributed by atoms with Gasteiger partial charge in [-0.25, -0.2) is 8.78 Å². The van der Waals surface area contributed by atoms with Crippen LogP contribution in [-0.2, 0) is 9.53 Å². The van der Waals surface area contributed by atoms with E-state index in [2.05, 4.69) is 4.74 Å². The Bertz CT molecular complexity index is 163. The van der Waals surface area contributed by atoms with Crippen LogP contribution in [0.3, 0.4) is 0 Å². The zero-order valence-electron chi connectivity index (χ0n) is 5.80. The topological polar surface area (TPSA) is 52.3 Å². The van der Waals surface area contributed by atoms with Gasteiger partial charge in [0.2, 0.25) is 5.91 Å². The summed E-state index contributed by atoms with van der Waals surface area (Å²) < 4.78 is 28.7. The molecule has 0 unspecified atom stereocenters. The summed E-state index contributed by atoms with van der Waals surface area (Å²) >= 11 is 0. The molecule has 1 amide bonds. The van der Waals surface area contributed by atoms with E-state index in [0.717, 1.165) is 0 Å². The lowest BCUT2D eigenvalue weighted by molar-refractivity contribution is -0.127. The van der Waals surface area contributed by atoms with Crippen LogP contribution in [0.15, 0.2) is 0 Å². The van der Waals surface area contributed by atoms with E-state index in [9.17, 15) is 13.6 Å². The minimum Gasteiger partial charge on any atom is -0.371 e. The monoisotopic (exact) mass is 165 g/mol. The van der Waals surface area contributed by atoms with E-state index in [1.165, 1.54) is 0 Å². The molecule has 1 aliphatic rings. The Labute approximate surface area is 62.5 Å². The number of ether oxygens (including phenoxy) is 1. The van der Waals surface area contributed by atoms with Crippen molar-refractivity contribution >= 4 is 5.91 Å². The van der Waals surface area contributed by atoms with Gasteiger partial charge in [-0.3, -0.25) is 4.79 Å². The Morgan fingerprint density at radius 1 is 1.64 bits per heavy atom. The number of amides is 1. The molecule has 0 aliphatic carbocycles. The van der Waals surface area contributed by atoms with E-state index in [4.69, 9.17) is 5.73 Å². The lowest BCUT2D eigenvalue weighted by Gasteiger charge is -2.13. The van der Waals surface area contributed by atoms with Crippen LogP contribution >= 0.6 is 0 Å². The van der Waals surface area contributed by atoms with Gasteiger partial charge in [-0.15, -0.1) is 0 Å². The molecule has 1 heterocycles. The summed E-state index contributed by atoms with van der Waals surface area (Å²) in [4.78, 5) is 10.5. The van der Waals surface area contributed by atoms with Crippen molar-refractivity contribution in [2.24, 2.45) is 11.7 Å². The van der Waals surface area contributed by atoms with Crippen LogP contribution in [0, 0.1) is 5.92 Å². The summed E-state index contributed by atoms with van der Waals surface area (Å²) in [5.41, 5.74) is 4.87. The summed E-state index contributed by atoms with van der Waals surface area (Å²) in [5.74, 6) is -1.51. The van der Waals surface area contributed by atoms with Gasteiger partial charge in [-0.05, 0) is 6.42 Å². The minimum atomic E-state index is -2.62. The van der Waals surface area contributed by atoms with Crippen LogP contribution in [0.2, 0.25) is 0 Å². The van der Waals surface area contributed by atoms with E-state index in [-0.39, 0.29) is 6.61 Å². The summed E-state index contributed by atoms with van der Waals surface area (Å²) in [6.45, 7) is 0.197. The Morgan fingerprint density at radius 2 is 2.27 bits per heavy atom. The van der Waals surface area contributed by atoms with Crippen LogP contribution in [0.4, 0.5) is 8.78 Å². The number of carbonyl (C=O) groups is 1.